The van der Waals surface area contributed by atoms with Gasteiger partial charge < -0.3 is 19.7 Å². The molecule has 1 amide bonds. The van der Waals surface area contributed by atoms with E-state index in [-0.39, 0.29) is 12.3 Å². The number of amides is 1. The van der Waals surface area contributed by atoms with Crippen molar-refractivity contribution in [2.24, 2.45) is 4.99 Å². The Hall–Kier alpha value is -3.39. The molecule has 190 valence electrons. The number of carbonyl (C=O) groups excluding carboxylic acids is 3. The summed E-state index contributed by atoms with van der Waals surface area (Å²) in [6, 6.07) is 4.79. The van der Waals surface area contributed by atoms with Gasteiger partial charge in [0.05, 0.1) is 30.5 Å². The van der Waals surface area contributed by atoms with Gasteiger partial charge in [0.15, 0.2) is 11.3 Å². The van der Waals surface area contributed by atoms with Gasteiger partial charge in [0, 0.05) is 56.8 Å². The highest BCUT2D eigenvalue weighted by molar-refractivity contribution is 7.12. The molecule has 2 heterocycles. The topological polar surface area (TPSA) is 104 Å². The molecule has 0 saturated carbocycles. The SMILES string of the molecule is CNC(=O)CCC(C=O)N(C)/C(C)=N\c1cccc(C#Cc2ncc(CN3CCOCC3)s2)c1C=O. The largest absolute Gasteiger partial charge is 0.379 e. The number of nitrogens with one attached hydrogen (secondary N) is 1. The second-order valence-electron chi connectivity index (χ2n) is 8.31. The van der Waals surface area contributed by atoms with Crippen LogP contribution in [0.15, 0.2) is 29.4 Å². The molecule has 1 aliphatic rings. The molecule has 1 atom stereocenters. The smallest absolute Gasteiger partial charge is 0.219 e. The molecule has 1 aromatic heterocycles. The minimum Gasteiger partial charge on any atom is -0.379 e. The van der Waals surface area contributed by atoms with E-state index in [9.17, 15) is 14.4 Å². The molecule has 1 N–H and O–H groups in total. The van der Waals surface area contributed by atoms with E-state index in [1.54, 1.807) is 55.5 Å². The van der Waals surface area contributed by atoms with Crippen molar-refractivity contribution < 1.29 is 19.1 Å². The van der Waals surface area contributed by atoms with Crippen molar-refractivity contribution in [1.29, 1.82) is 0 Å². The van der Waals surface area contributed by atoms with Gasteiger partial charge in [0.1, 0.15) is 12.1 Å². The van der Waals surface area contributed by atoms with Gasteiger partial charge in [0.2, 0.25) is 5.91 Å². The number of aldehydes is 2. The van der Waals surface area contributed by atoms with Crippen molar-refractivity contribution in [3.05, 3.63) is 45.4 Å². The number of benzene rings is 1. The van der Waals surface area contributed by atoms with E-state index in [1.807, 2.05) is 6.20 Å². The normalized spacial score (nSPS) is 14.9. The Labute approximate surface area is 215 Å². The molecule has 0 spiro atoms. The Morgan fingerprint density at radius 3 is 2.81 bits per heavy atom. The van der Waals surface area contributed by atoms with Gasteiger partial charge in [-0.3, -0.25) is 14.5 Å². The highest BCUT2D eigenvalue weighted by Gasteiger charge is 2.17. The summed E-state index contributed by atoms with van der Waals surface area (Å²) in [6.07, 6.45) is 3.97. The first-order chi connectivity index (χ1) is 17.4. The lowest BCUT2D eigenvalue weighted by Gasteiger charge is -2.25. The molecule has 0 aliphatic carbocycles. The molecular weight excluding hydrogens is 478 g/mol. The van der Waals surface area contributed by atoms with Crippen molar-refractivity contribution in [2.45, 2.75) is 32.4 Å². The fourth-order valence-corrected chi connectivity index (χ4v) is 4.48. The molecule has 3 rings (SSSR count). The number of ether oxygens (including phenoxy) is 1. The van der Waals surface area contributed by atoms with E-state index in [4.69, 9.17) is 4.74 Å². The summed E-state index contributed by atoms with van der Waals surface area (Å²) in [5.41, 5.74) is 1.39. The van der Waals surface area contributed by atoms with E-state index in [2.05, 4.69) is 32.0 Å². The summed E-state index contributed by atoms with van der Waals surface area (Å²) < 4.78 is 5.39. The predicted molar refractivity (Wildman–Crippen MR) is 140 cm³/mol. The number of nitrogens with zero attached hydrogens (tertiary/aromatic N) is 4. The zero-order chi connectivity index (χ0) is 25.9. The van der Waals surface area contributed by atoms with Crippen molar-refractivity contribution in [3.63, 3.8) is 0 Å². The number of morpholine rings is 1. The third kappa shape index (κ3) is 7.55. The van der Waals surface area contributed by atoms with Crippen LogP contribution in [0.25, 0.3) is 0 Å². The number of aliphatic imine (C=N–C) groups is 1. The van der Waals surface area contributed by atoms with Crippen LogP contribution in [0.4, 0.5) is 5.69 Å². The Morgan fingerprint density at radius 1 is 1.33 bits per heavy atom. The Morgan fingerprint density at radius 2 is 2.11 bits per heavy atom. The van der Waals surface area contributed by atoms with Gasteiger partial charge in [-0.25, -0.2) is 9.98 Å². The quantitative estimate of drug-likeness (QED) is 0.239. The summed E-state index contributed by atoms with van der Waals surface area (Å²) in [4.78, 5) is 49.3. The highest BCUT2D eigenvalue weighted by Crippen LogP contribution is 2.22. The molecular formula is C26H31N5O4S. The number of hydrogen-bond acceptors (Lipinski definition) is 8. The predicted octanol–water partition coefficient (Wildman–Crippen LogP) is 2.26. The molecule has 0 radical (unpaired) electrons. The highest BCUT2D eigenvalue weighted by atomic mass is 32.1. The van der Waals surface area contributed by atoms with Crippen LogP contribution in [0.3, 0.4) is 0 Å². The van der Waals surface area contributed by atoms with Crippen LogP contribution >= 0.6 is 11.3 Å². The van der Waals surface area contributed by atoms with E-state index >= 15 is 0 Å². The maximum Gasteiger partial charge on any atom is 0.219 e. The first kappa shape index (κ1) is 27.2. The van der Waals surface area contributed by atoms with Crippen molar-refractivity contribution in [3.8, 4) is 11.8 Å². The Bertz CT molecular complexity index is 1160. The van der Waals surface area contributed by atoms with Crippen LogP contribution in [0.1, 0.15) is 45.6 Å². The summed E-state index contributed by atoms with van der Waals surface area (Å²) in [7, 11) is 3.30. The zero-order valence-electron chi connectivity index (χ0n) is 20.8. The Kier molecular flexibility index (Phi) is 10.3. The summed E-state index contributed by atoms with van der Waals surface area (Å²) >= 11 is 1.54. The lowest BCUT2D eigenvalue weighted by atomic mass is 10.1. The Balaban J connectivity index is 1.75. The molecule has 1 unspecified atom stereocenters. The minimum atomic E-state index is -0.509. The summed E-state index contributed by atoms with van der Waals surface area (Å²) in [5, 5.41) is 3.24. The number of amidine groups is 1. The summed E-state index contributed by atoms with van der Waals surface area (Å²) in [5.74, 6) is 6.55. The van der Waals surface area contributed by atoms with Crippen LogP contribution in [0, 0.1) is 11.8 Å². The molecule has 10 heteroatoms. The van der Waals surface area contributed by atoms with Gasteiger partial charge in [-0.15, -0.1) is 11.3 Å². The number of rotatable bonds is 9. The van der Waals surface area contributed by atoms with Crippen LogP contribution in [0.2, 0.25) is 0 Å². The van der Waals surface area contributed by atoms with E-state index in [1.165, 1.54) is 0 Å². The number of carbonyl (C=O) groups is 3. The molecule has 1 aromatic carbocycles. The fourth-order valence-electron chi connectivity index (χ4n) is 3.67. The molecule has 1 fully saturated rings. The standard InChI is InChI=1S/C26H31N5O4S/c1-19(30(3)21(17-32)8-9-25(34)27-2)29-24-6-4-5-20(23(24)18-33)7-10-26-28-15-22(36-26)16-31-11-13-35-14-12-31/h4-6,15,17-18,21H,8-9,11-14,16H2,1-3H3,(H,27,34)/b29-19-. The summed E-state index contributed by atoms with van der Waals surface area (Å²) in [6.45, 7) is 5.90. The number of likely N-dealkylation sites (N-methyl/N-ethyl adjacent to an activating group) is 1. The maximum atomic E-state index is 12.0. The lowest BCUT2D eigenvalue weighted by molar-refractivity contribution is -0.121. The zero-order valence-corrected chi connectivity index (χ0v) is 21.6. The average molecular weight is 510 g/mol. The number of aromatic nitrogens is 1. The second-order valence-corrected chi connectivity index (χ2v) is 9.43. The minimum absolute atomic E-state index is 0.132. The van der Waals surface area contributed by atoms with Gasteiger partial charge >= 0.3 is 0 Å². The average Bonchev–Trinajstić information content (AvgIpc) is 3.35. The first-order valence-electron chi connectivity index (χ1n) is 11.7. The second kappa shape index (κ2) is 13.6. The van der Waals surface area contributed by atoms with Crippen LogP contribution in [-0.2, 0) is 20.9 Å². The van der Waals surface area contributed by atoms with Crippen LogP contribution in [-0.4, -0.2) is 85.5 Å². The maximum absolute atomic E-state index is 12.0. The van der Waals surface area contributed by atoms with Crippen LogP contribution < -0.4 is 5.32 Å². The lowest BCUT2D eigenvalue weighted by Crippen LogP contribution is -2.37. The van der Waals surface area contributed by atoms with E-state index in [0.29, 0.717) is 34.1 Å². The number of thiazole rings is 1. The number of hydrogen-bond donors (Lipinski definition) is 1. The van der Waals surface area contributed by atoms with Crippen molar-refractivity contribution in [2.75, 3.05) is 40.4 Å². The van der Waals surface area contributed by atoms with Crippen molar-refractivity contribution in [1.82, 2.24) is 20.1 Å². The third-order valence-corrected chi connectivity index (χ3v) is 6.83. The monoisotopic (exact) mass is 509 g/mol. The third-order valence-electron chi connectivity index (χ3n) is 5.94. The molecule has 1 aliphatic heterocycles. The molecule has 0 bridgehead atoms. The fraction of sp³-hybridized carbons (Fsp3) is 0.423. The van der Waals surface area contributed by atoms with Crippen LogP contribution in [0.5, 0.6) is 0 Å². The first-order valence-corrected chi connectivity index (χ1v) is 12.6. The van der Waals surface area contributed by atoms with Gasteiger partial charge in [-0.05, 0) is 31.4 Å². The molecule has 36 heavy (non-hydrogen) atoms. The van der Waals surface area contributed by atoms with Gasteiger partial charge in [-0.2, -0.15) is 0 Å². The molecule has 1 saturated heterocycles. The molecule has 2 aromatic rings. The van der Waals surface area contributed by atoms with Gasteiger partial charge in [0.25, 0.3) is 0 Å². The van der Waals surface area contributed by atoms with E-state index < -0.39 is 6.04 Å². The van der Waals surface area contributed by atoms with Crippen molar-refractivity contribution >= 4 is 41.3 Å². The van der Waals surface area contributed by atoms with E-state index in [0.717, 1.165) is 50.3 Å². The van der Waals surface area contributed by atoms with Gasteiger partial charge in [-0.1, -0.05) is 12.0 Å². The molecule has 9 nitrogen and oxygen atoms in total.